The van der Waals surface area contributed by atoms with Crippen LogP contribution in [0.1, 0.15) is 39.0 Å². The van der Waals surface area contributed by atoms with E-state index in [0.717, 1.165) is 19.3 Å². The van der Waals surface area contributed by atoms with Crippen molar-refractivity contribution in [2.75, 3.05) is 32.8 Å². The Morgan fingerprint density at radius 1 is 1.36 bits per heavy atom. The molecule has 0 aliphatic carbocycles. The van der Waals surface area contributed by atoms with Gasteiger partial charge in [-0.3, -0.25) is 14.4 Å². The molecule has 3 unspecified atom stereocenters. The van der Waals surface area contributed by atoms with Crippen LogP contribution < -0.4 is 0 Å². The van der Waals surface area contributed by atoms with E-state index in [1.165, 1.54) is 4.90 Å². The first kappa shape index (κ1) is 25.9. The Balaban J connectivity index is 1.93. The van der Waals surface area contributed by atoms with Crippen LogP contribution in [0.3, 0.4) is 0 Å². The van der Waals surface area contributed by atoms with Crippen LogP contribution in [-0.2, 0) is 23.9 Å². The summed E-state index contributed by atoms with van der Waals surface area (Å²) in [5.41, 5.74) is -1.13. The van der Waals surface area contributed by atoms with Gasteiger partial charge in [0.2, 0.25) is 11.8 Å². The van der Waals surface area contributed by atoms with Gasteiger partial charge in [-0.05, 0) is 25.7 Å². The molecule has 3 rings (SSSR count). The summed E-state index contributed by atoms with van der Waals surface area (Å²) in [5, 5.41) is 9.67. The number of hydrogen-bond donors (Lipinski definition) is 1. The molecule has 3 fully saturated rings. The lowest BCUT2D eigenvalue weighted by molar-refractivity contribution is -0.155. The van der Waals surface area contributed by atoms with Crippen LogP contribution in [0.25, 0.3) is 0 Å². The number of hydrogen-bond acceptors (Lipinski definition) is 6. The number of unbranched alkanes of at least 4 members (excludes halogenated alkanes) is 2. The Hall–Kier alpha value is -1.71. The Morgan fingerprint density at radius 2 is 2.12 bits per heavy atom. The number of likely N-dealkylation sites (tertiary alicyclic amines) is 1. The Bertz CT molecular complexity index is 776. The second-order valence-corrected chi connectivity index (χ2v) is 10.1. The number of halogens is 1. The van der Waals surface area contributed by atoms with E-state index in [-0.39, 0.29) is 36.4 Å². The van der Waals surface area contributed by atoms with Crippen molar-refractivity contribution in [2.45, 2.75) is 61.6 Å². The van der Waals surface area contributed by atoms with Crippen molar-refractivity contribution in [3.63, 3.8) is 0 Å². The Labute approximate surface area is 204 Å². The van der Waals surface area contributed by atoms with E-state index in [1.54, 1.807) is 17.1 Å². The molecule has 0 radical (unpaired) electrons. The average Bonchev–Trinajstić information content (AvgIpc) is 3.38. The maximum atomic E-state index is 13.8. The number of ether oxygens (including phenoxy) is 2. The van der Waals surface area contributed by atoms with Gasteiger partial charge in [-0.1, -0.05) is 41.4 Å². The van der Waals surface area contributed by atoms with Crippen LogP contribution >= 0.6 is 15.9 Å². The van der Waals surface area contributed by atoms with Crippen LogP contribution in [0.4, 0.5) is 0 Å². The molecular weight excluding hydrogens is 492 g/mol. The highest BCUT2D eigenvalue weighted by molar-refractivity contribution is 9.09. The van der Waals surface area contributed by atoms with Gasteiger partial charge in [0, 0.05) is 24.5 Å². The number of β-amino-alcohol motifs (C(OH)–C–C–N with tert-alkyl or cyclic N) is 1. The van der Waals surface area contributed by atoms with Crippen molar-refractivity contribution >= 4 is 33.7 Å². The highest BCUT2D eigenvalue weighted by atomic mass is 79.9. The molecule has 6 atom stereocenters. The minimum Gasteiger partial charge on any atom is -0.465 e. The molecule has 3 saturated heterocycles. The summed E-state index contributed by atoms with van der Waals surface area (Å²) in [6.45, 7) is 10.3. The molecule has 3 heterocycles. The maximum absolute atomic E-state index is 13.8. The third kappa shape index (κ3) is 4.64. The van der Waals surface area contributed by atoms with E-state index in [0.29, 0.717) is 25.9 Å². The van der Waals surface area contributed by atoms with E-state index >= 15 is 0 Å². The lowest BCUT2D eigenvalue weighted by Gasteiger charge is -2.37. The summed E-state index contributed by atoms with van der Waals surface area (Å²) in [4.78, 5) is 43.4. The lowest BCUT2D eigenvalue weighted by atomic mass is 9.70. The molecule has 3 aliphatic heterocycles. The fraction of sp³-hybridized carbons (Fsp3) is 0.708. The highest BCUT2D eigenvalue weighted by Gasteiger charge is 2.77. The van der Waals surface area contributed by atoms with Crippen LogP contribution in [0.5, 0.6) is 0 Å². The van der Waals surface area contributed by atoms with Gasteiger partial charge >= 0.3 is 5.97 Å². The van der Waals surface area contributed by atoms with E-state index < -0.39 is 35.6 Å². The van der Waals surface area contributed by atoms with E-state index in [1.807, 2.05) is 6.92 Å². The third-order valence-corrected chi connectivity index (χ3v) is 7.72. The molecule has 8 nitrogen and oxygen atoms in total. The van der Waals surface area contributed by atoms with Crippen molar-refractivity contribution < 1.29 is 29.0 Å². The van der Waals surface area contributed by atoms with Gasteiger partial charge in [0.1, 0.15) is 11.6 Å². The number of nitrogens with zero attached hydrogens (tertiary/aromatic N) is 2. The number of aliphatic hydroxyl groups is 1. The van der Waals surface area contributed by atoms with Crippen LogP contribution in [-0.4, -0.2) is 88.1 Å². The molecule has 0 aromatic carbocycles. The number of rotatable bonds is 13. The first-order chi connectivity index (χ1) is 15.9. The zero-order valence-electron chi connectivity index (χ0n) is 19.3. The van der Waals surface area contributed by atoms with Gasteiger partial charge in [-0.15, -0.1) is 13.2 Å². The molecule has 2 bridgehead atoms. The smallest absolute Gasteiger partial charge is 0.312 e. The zero-order chi connectivity index (χ0) is 24.2. The van der Waals surface area contributed by atoms with Crippen LogP contribution in [0.15, 0.2) is 25.3 Å². The van der Waals surface area contributed by atoms with Gasteiger partial charge < -0.3 is 24.4 Å². The fourth-order valence-corrected chi connectivity index (χ4v) is 6.43. The van der Waals surface area contributed by atoms with Crippen molar-refractivity contribution in [2.24, 2.45) is 11.8 Å². The Morgan fingerprint density at radius 3 is 2.76 bits per heavy atom. The number of carbonyl (C=O) groups excluding carboxylic acids is 3. The maximum Gasteiger partial charge on any atom is 0.312 e. The molecule has 1 spiro atoms. The number of esters is 1. The molecule has 33 heavy (non-hydrogen) atoms. The normalized spacial score (nSPS) is 32.0. The quantitative estimate of drug-likeness (QED) is 0.171. The minimum atomic E-state index is -1.13. The van der Waals surface area contributed by atoms with Crippen molar-refractivity contribution in [3.8, 4) is 0 Å². The molecule has 0 aromatic heterocycles. The molecule has 1 N–H and O–H groups in total. The predicted octanol–water partition coefficient (Wildman–Crippen LogP) is 2.05. The highest BCUT2D eigenvalue weighted by Crippen LogP contribution is 2.60. The van der Waals surface area contributed by atoms with Crippen molar-refractivity contribution in [3.05, 3.63) is 25.3 Å². The molecule has 3 aliphatic rings. The monoisotopic (exact) mass is 526 g/mol. The van der Waals surface area contributed by atoms with Gasteiger partial charge in [0.15, 0.2) is 0 Å². The van der Waals surface area contributed by atoms with Gasteiger partial charge in [0.25, 0.3) is 0 Å². The number of amides is 2. The van der Waals surface area contributed by atoms with Gasteiger partial charge in [0.05, 0.1) is 31.2 Å². The molecule has 0 saturated carbocycles. The number of carbonyl (C=O) groups is 3. The number of alkyl halides is 1. The number of aliphatic hydroxyl groups excluding tert-OH is 1. The predicted molar refractivity (Wildman–Crippen MR) is 127 cm³/mol. The molecule has 2 amide bonds. The molecular formula is C24H35BrN2O6. The second kappa shape index (κ2) is 11.1. The first-order valence-electron chi connectivity index (χ1n) is 11.8. The van der Waals surface area contributed by atoms with Crippen LogP contribution in [0, 0.1) is 11.8 Å². The summed E-state index contributed by atoms with van der Waals surface area (Å²) in [5.74, 6) is -2.62. The van der Waals surface area contributed by atoms with Crippen molar-refractivity contribution in [1.29, 1.82) is 0 Å². The zero-order valence-corrected chi connectivity index (χ0v) is 20.9. The van der Waals surface area contributed by atoms with Crippen molar-refractivity contribution in [1.82, 2.24) is 9.80 Å². The summed E-state index contributed by atoms with van der Waals surface area (Å²) < 4.78 is 11.9. The second-order valence-electron chi connectivity index (χ2n) is 8.94. The molecule has 9 heteroatoms. The Kier molecular flexibility index (Phi) is 8.75. The number of allylic oxidation sites excluding steroid dienone is 1. The molecule has 0 aromatic rings. The average molecular weight is 527 g/mol. The number of fused-ring (bicyclic) bond motifs is 1. The summed E-state index contributed by atoms with van der Waals surface area (Å²) in [6.07, 6.45) is 6.43. The van der Waals surface area contributed by atoms with Gasteiger partial charge in [-0.25, -0.2) is 0 Å². The first-order valence-corrected chi connectivity index (χ1v) is 12.7. The standard InChI is InChI=1S/C24H35BrN2O6/c1-4-7-9-14-32-23(31)17-18-21(29)27(12-13-28)20(24(18)15-16(25)19(17)33-24)22(30)26(10-6-3)11-8-5-2/h4,6,16-20,28H,1,3,5,7-15H2,2H3/t16?,17-,18-,19-,20?,24?/m0/s1. The largest absolute Gasteiger partial charge is 0.465 e. The van der Waals surface area contributed by atoms with Crippen LogP contribution in [0.2, 0.25) is 0 Å². The summed E-state index contributed by atoms with van der Waals surface area (Å²) >= 11 is 3.63. The summed E-state index contributed by atoms with van der Waals surface area (Å²) in [7, 11) is 0. The topological polar surface area (TPSA) is 96.4 Å². The third-order valence-electron chi connectivity index (χ3n) is 6.88. The van der Waals surface area contributed by atoms with E-state index in [2.05, 4.69) is 29.1 Å². The van der Waals surface area contributed by atoms with Gasteiger partial charge in [-0.2, -0.15) is 0 Å². The minimum absolute atomic E-state index is 0.00524. The molecule has 184 valence electrons. The SMILES string of the molecule is C=CCCCOC(=O)[C@H]1[C@H]2C(=O)N(CCO)C(C(=O)N(CC=C)CCCC)C23CC(Br)[C@@H]1O3. The van der Waals surface area contributed by atoms with E-state index in [4.69, 9.17) is 9.47 Å². The van der Waals surface area contributed by atoms with E-state index in [9.17, 15) is 19.5 Å². The lowest BCUT2D eigenvalue weighted by Crippen LogP contribution is -2.57. The fourth-order valence-electron chi connectivity index (χ4n) is 5.49. The summed E-state index contributed by atoms with van der Waals surface area (Å²) in [6, 6.07) is -0.900.